The average molecular weight is 1210 g/mol. The van der Waals surface area contributed by atoms with E-state index < -0.39 is 11.6 Å². The number of aromatic nitrogens is 7. The highest BCUT2D eigenvalue weighted by Crippen LogP contribution is 2.40. The van der Waals surface area contributed by atoms with Crippen molar-refractivity contribution in [1.82, 2.24) is 50.1 Å². The third-order valence-electron chi connectivity index (χ3n) is 15.8. The van der Waals surface area contributed by atoms with Crippen LogP contribution in [0.2, 0.25) is 0 Å². The molecular formula is C64H58F3N13O3S3. The Morgan fingerprint density at radius 3 is 1.55 bits per heavy atom. The summed E-state index contributed by atoms with van der Waals surface area (Å²) in [5.41, 5.74) is 12.1. The molecule has 6 aromatic heterocycles. The third kappa shape index (κ3) is 12.0. The van der Waals surface area contributed by atoms with Gasteiger partial charge in [0.05, 0.1) is 36.6 Å². The maximum Gasteiger partial charge on any atom is 0.274 e. The second-order valence-corrected chi connectivity index (χ2v) is 25.1. The number of nitrogens with zero attached hydrogens (tertiary/aromatic N) is 10. The lowest BCUT2D eigenvalue weighted by atomic mass is 9.87. The van der Waals surface area contributed by atoms with Gasteiger partial charge in [-0.05, 0) is 198 Å². The summed E-state index contributed by atoms with van der Waals surface area (Å²) in [5, 5.41) is 35.7. The number of thiazole rings is 3. The molecule has 3 N–H and O–H groups in total. The first-order valence-electron chi connectivity index (χ1n) is 28.7. The molecule has 1 atom stereocenters. The Bertz CT molecular complexity index is 4310. The quantitative estimate of drug-likeness (QED) is 0.124. The van der Waals surface area contributed by atoms with Gasteiger partial charge in [0.25, 0.3) is 15.6 Å². The van der Waals surface area contributed by atoms with Crippen LogP contribution in [0.15, 0.2) is 108 Å². The van der Waals surface area contributed by atoms with E-state index in [1.54, 1.807) is 22.9 Å². The van der Waals surface area contributed by atoms with Crippen molar-refractivity contribution < 1.29 is 27.4 Å². The van der Waals surface area contributed by atoms with E-state index in [0.29, 0.717) is 65.5 Å². The summed E-state index contributed by atoms with van der Waals surface area (Å²) >= 11 is 4.14. The number of nitrogens with one attached hydrogen (secondary N) is 3. The van der Waals surface area contributed by atoms with Gasteiger partial charge in [-0.15, -0.1) is 0 Å². The van der Waals surface area contributed by atoms with Gasteiger partial charge < -0.3 is 34.6 Å². The van der Waals surface area contributed by atoms with Crippen molar-refractivity contribution in [3.05, 3.63) is 143 Å². The minimum atomic E-state index is -0.394. The molecule has 0 spiro atoms. The fourth-order valence-electron chi connectivity index (χ4n) is 11.5. The number of halogens is 3. The van der Waals surface area contributed by atoms with E-state index in [1.807, 2.05) is 68.2 Å². The van der Waals surface area contributed by atoms with Gasteiger partial charge in [-0.25, -0.2) is 18.2 Å². The molecule has 3 fully saturated rings. The van der Waals surface area contributed by atoms with Crippen molar-refractivity contribution in [3.8, 4) is 50.0 Å². The van der Waals surface area contributed by atoms with Crippen LogP contribution in [0.3, 0.4) is 0 Å². The number of hydrogen-bond donors (Lipinski definition) is 3. The second-order valence-electron chi connectivity index (χ2n) is 22.1. The minimum absolute atomic E-state index is 0.115. The van der Waals surface area contributed by atoms with Gasteiger partial charge in [-0.1, -0.05) is 46.2 Å². The van der Waals surface area contributed by atoms with Crippen molar-refractivity contribution in [2.45, 2.75) is 77.6 Å². The smallest absolute Gasteiger partial charge is 0.274 e. The summed E-state index contributed by atoms with van der Waals surface area (Å²) in [6.45, 7) is 11.6. The lowest BCUT2D eigenvalue weighted by Crippen LogP contribution is -2.34. The van der Waals surface area contributed by atoms with E-state index in [4.69, 9.17) is 14.2 Å². The largest absolute Gasteiger partial charge is 0.467 e. The third-order valence-corrected chi connectivity index (χ3v) is 18.4. The highest BCUT2D eigenvalue weighted by atomic mass is 32.1. The van der Waals surface area contributed by atoms with E-state index in [-0.39, 0.29) is 30.0 Å². The topological polar surface area (TPSA) is 198 Å². The van der Waals surface area contributed by atoms with Gasteiger partial charge in [0, 0.05) is 42.6 Å². The number of ether oxygens (including phenoxy) is 3. The summed E-state index contributed by atoms with van der Waals surface area (Å²) in [4.78, 5) is 22.1. The Morgan fingerprint density at radius 1 is 0.547 bits per heavy atom. The molecule has 1 unspecified atom stereocenters. The van der Waals surface area contributed by atoms with Crippen LogP contribution in [0.1, 0.15) is 74.8 Å². The lowest BCUT2D eigenvalue weighted by molar-refractivity contribution is 0.162. The summed E-state index contributed by atoms with van der Waals surface area (Å²) in [5.74, 6) is -0.902. The molecule has 22 heteroatoms. The van der Waals surface area contributed by atoms with Gasteiger partial charge in [-0.2, -0.15) is 30.6 Å². The molecule has 0 radical (unpaired) electrons. The average Bonchev–Trinajstić information content (AvgIpc) is 2.07. The van der Waals surface area contributed by atoms with E-state index in [1.165, 1.54) is 46.1 Å². The van der Waals surface area contributed by atoms with Crippen LogP contribution in [0.5, 0.6) is 15.6 Å². The molecule has 0 saturated carbocycles. The van der Waals surface area contributed by atoms with Crippen LogP contribution in [0.25, 0.3) is 75.0 Å². The van der Waals surface area contributed by atoms with Crippen molar-refractivity contribution in [2.24, 2.45) is 18.0 Å². The van der Waals surface area contributed by atoms with Crippen molar-refractivity contribution >= 4 is 92.5 Å². The Morgan fingerprint density at radius 2 is 1.02 bits per heavy atom. The van der Waals surface area contributed by atoms with E-state index in [9.17, 15) is 23.7 Å². The van der Waals surface area contributed by atoms with Crippen LogP contribution < -0.4 is 30.2 Å². The molecule has 436 valence electrons. The molecule has 10 heterocycles. The fourth-order valence-corrected chi connectivity index (χ4v) is 14.3. The number of allylic oxidation sites excluding steroid dienone is 6. The number of pyridine rings is 1. The summed E-state index contributed by atoms with van der Waals surface area (Å²) < 4.78 is 68.2. The van der Waals surface area contributed by atoms with Crippen LogP contribution in [0, 0.1) is 53.0 Å². The minimum Gasteiger partial charge on any atom is -0.467 e. The molecule has 5 aliphatic rings. The Kier molecular flexibility index (Phi) is 16.0. The molecule has 4 aliphatic heterocycles. The maximum atomic E-state index is 14.8. The number of nitriles is 2. The molecule has 1 aliphatic carbocycles. The predicted molar refractivity (Wildman–Crippen MR) is 333 cm³/mol. The SMILES string of the molecule is CC1=CC2C=C(c3cc(F)c4nc(OC5CCNCC5)sc4c3)C=C(C)C2=N1.Cc1cn2cc(-c3cc(F)c4nc(OC5CCNCC5)sc4c3)cc(C#N)c2n1.Cn1cc2cc(-c3cc(F)c4nc(OC5CCNCC5)sc4c3)cc(C#N)c2n1. The molecule has 3 saturated heterocycles. The molecule has 4 aromatic carbocycles. The Hall–Kier alpha value is -8.35. The van der Waals surface area contributed by atoms with E-state index in [0.717, 1.165) is 142 Å². The first-order valence-corrected chi connectivity index (χ1v) is 31.1. The number of rotatable bonds is 9. The normalized spacial score (nSPS) is 17.5. The summed E-state index contributed by atoms with van der Waals surface area (Å²) in [7, 11) is 1.81. The highest BCUT2D eigenvalue weighted by molar-refractivity contribution is 7.21. The zero-order valence-electron chi connectivity index (χ0n) is 47.5. The molecule has 16 nitrogen and oxygen atoms in total. The molecule has 0 amide bonds. The van der Waals surface area contributed by atoms with Crippen LogP contribution >= 0.6 is 34.0 Å². The molecule has 0 bridgehead atoms. The molecule has 86 heavy (non-hydrogen) atoms. The van der Waals surface area contributed by atoms with Gasteiger partial charge >= 0.3 is 0 Å². The number of imidazole rings is 1. The number of benzene rings is 4. The zero-order valence-corrected chi connectivity index (χ0v) is 50.0. The van der Waals surface area contributed by atoms with Crippen molar-refractivity contribution in [1.29, 1.82) is 10.5 Å². The lowest BCUT2D eigenvalue weighted by Gasteiger charge is -2.22. The highest BCUT2D eigenvalue weighted by Gasteiger charge is 2.26. The van der Waals surface area contributed by atoms with Crippen molar-refractivity contribution in [3.63, 3.8) is 0 Å². The molecular weight excluding hydrogens is 1150 g/mol. The van der Waals surface area contributed by atoms with E-state index >= 15 is 0 Å². The molecule has 10 aromatic rings. The first-order chi connectivity index (χ1) is 41.8. The van der Waals surface area contributed by atoms with Gasteiger partial charge in [0.2, 0.25) is 0 Å². The number of aliphatic imine (C=N–C) groups is 1. The fraction of sp³-hybridized carbons (Fsp3) is 0.312. The standard InChI is InChI=1S/C22H22FN3OS.2C21H18FN5OS/c1-12-7-14(9-16-8-13(2)25-20(12)16)15-10-18(23)21-19(11-15)28-22(26-21)27-17-3-5-24-6-4-17;1-27-11-15-7-12(6-14(10-23)19(15)26-27)13-8-17(22)20-18(9-13)29-21(25-20)28-16-2-4-24-5-3-16;1-12-10-27-11-15(6-14(9-23)20(27)25-12)13-7-17(22)19-18(8-13)29-21(26-19)28-16-2-4-24-5-3-16/h7-11,16-17,24H,3-6H2,1-2H3;6-9,11,16,24H,2-5H2,1H3;6-8,10-11,16,24H,2-5H2,1H3. The number of hydrogen-bond acceptors (Lipinski definition) is 17. The van der Waals surface area contributed by atoms with Crippen LogP contribution in [-0.2, 0) is 7.05 Å². The maximum absolute atomic E-state index is 14.8. The summed E-state index contributed by atoms with van der Waals surface area (Å²) in [6.07, 6.45) is 18.0. The number of piperidine rings is 3. The number of fused-ring (bicyclic) bond motifs is 6. The Labute approximate surface area is 505 Å². The van der Waals surface area contributed by atoms with Gasteiger partial charge in [-0.3, -0.25) is 9.67 Å². The van der Waals surface area contributed by atoms with Crippen LogP contribution in [-0.4, -0.2) is 97.4 Å². The van der Waals surface area contributed by atoms with Gasteiger partial charge in [0.15, 0.2) is 23.1 Å². The van der Waals surface area contributed by atoms with E-state index in [2.05, 4.69) is 83.3 Å². The van der Waals surface area contributed by atoms with Gasteiger partial charge in [0.1, 0.15) is 52.5 Å². The zero-order chi connectivity index (χ0) is 59.2. The molecule has 15 rings (SSSR count). The monoisotopic (exact) mass is 1210 g/mol. The first kappa shape index (κ1) is 56.8. The van der Waals surface area contributed by atoms with Crippen LogP contribution in [0.4, 0.5) is 13.2 Å². The number of aryl methyl sites for hydroxylation is 2. The Balaban J connectivity index is 0.000000120. The summed E-state index contributed by atoms with van der Waals surface area (Å²) in [6, 6.07) is 20.1. The second kappa shape index (κ2) is 24.2. The van der Waals surface area contributed by atoms with Crippen molar-refractivity contribution in [2.75, 3.05) is 39.3 Å². The predicted octanol–water partition coefficient (Wildman–Crippen LogP) is 12.9.